The van der Waals surface area contributed by atoms with Crippen molar-refractivity contribution in [3.05, 3.63) is 59.2 Å². The predicted octanol–water partition coefficient (Wildman–Crippen LogP) is 3.39. The average Bonchev–Trinajstić information content (AvgIpc) is 2.60. The first kappa shape index (κ1) is 21.6. The molecule has 1 heterocycles. The number of urea groups is 1. The van der Waals surface area contributed by atoms with Gasteiger partial charge in [-0.05, 0) is 44.0 Å². The molecule has 1 saturated heterocycles. The Balaban J connectivity index is 1.83. The number of phenolic OH excluding ortho intramolecular Hbond substituents is 2. The molecule has 28 heavy (non-hydrogen) atoms. The van der Waals surface area contributed by atoms with E-state index in [1.54, 1.807) is 12.1 Å². The summed E-state index contributed by atoms with van der Waals surface area (Å²) in [6.45, 7) is 13.8. The summed E-state index contributed by atoms with van der Waals surface area (Å²) in [4.78, 5) is 16.5. The van der Waals surface area contributed by atoms with E-state index in [0.717, 1.165) is 35.4 Å². The van der Waals surface area contributed by atoms with Gasteiger partial charge in [0.15, 0.2) is 0 Å². The third kappa shape index (κ3) is 6.78. The summed E-state index contributed by atoms with van der Waals surface area (Å²) in [6.07, 6.45) is 3.95. The lowest BCUT2D eigenvalue weighted by Gasteiger charge is -2.34. The Hall–Kier alpha value is -2.73. The van der Waals surface area contributed by atoms with Crippen molar-refractivity contribution in [2.75, 3.05) is 32.7 Å². The second-order valence-electron chi connectivity index (χ2n) is 7.48. The molecular formula is C22H31N3O3. The van der Waals surface area contributed by atoms with E-state index in [0.29, 0.717) is 26.2 Å². The topological polar surface area (TPSA) is 76.0 Å². The molecule has 0 aliphatic carbocycles. The molecule has 6 heteroatoms. The van der Waals surface area contributed by atoms with Gasteiger partial charge in [-0.25, -0.2) is 4.79 Å². The monoisotopic (exact) mass is 385 g/mol. The zero-order chi connectivity index (χ0) is 20.7. The fourth-order valence-electron chi connectivity index (χ4n) is 3.04. The number of nitrogens with one attached hydrogen (secondary N) is 1. The average molecular weight is 386 g/mol. The first-order valence-corrected chi connectivity index (χ1v) is 9.51. The number of nitrogens with zero attached hydrogens (tertiary/aromatic N) is 2. The SMILES string of the molecule is C=C(C)/C=C\C(CNC(=O)N1CCN(Cc2cc(O)cc(O)c2)CC1)=C(C)C. The second-order valence-corrected chi connectivity index (χ2v) is 7.48. The van der Waals surface area contributed by atoms with Crippen molar-refractivity contribution < 1.29 is 15.0 Å². The first-order valence-electron chi connectivity index (χ1n) is 9.51. The Labute approximate surface area is 167 Å². The van der Waals surface area contributed by atoms with E-state index < -0.39 is 0 Å². The molecule has 1 aromatic carbocycles. The molecule has 0 saturated carbocycles. The van der Waals surface area contributed by atoms with E-state index in [1.807, 2.05) is 37.8 Å². The number of hydrogen-bond donors (Lipinski definition) is 3. The molecule has 3 N–H and O–H groups in total. The van der Waals surface area contributed by atoms with Crippen LogP contribution in [0, 0.1) is 0 Å². The quantitative estimate of drug-likeness (QED) is 0.656. The maximum atomic E-state index is 12.5. The van der Waals surface area contributed by atoms with Crippen molar-refractivity contribution in [1.29, 1.82) is 0 Å². The lowest BCUT2D eigenvalue weighted by Crippen LogP contribution is -2.51. The third-order valence-corrected chi connectivity index (χ3v) is 4.67. The Morgan fingerprint density at radius 3 is 2.21 bits per heavy atom. The number of phenols is 2. The third-order valence-electron chi connectivity index (χ3n) is 4.67. The van der Waals surface area contributed by atoms with Crippen LogP contribution in [0.2, 0.25) is 0 Å². The summed E-state index contributed by atoms with van der Waals surface area (Å²) in [7, 11) is 0. The summed E-state index contributed by atoms with van der Waals surface area (Å²) in [5, 5.41) is 22.2. The summed E-state index contributed by atoms with van der Waals surface area (Å²) >= 11 is 0. The van der Waals surface area contributed by atoms with Crippen LogP contribution in [0.15, 0.2) is 53.6 Å². The highest BCUT2D eigenvalue weighted by atomic mass is 16.3. The number of carbonyl (C=O) groups excluding carboxylic acids is 1. The molecule has 1 aliphatic rings. The minimum atomic E-state index is -0.0582. The number of aromatic hydroxyl groups is 2. The maximum Gasteiger partial charge on any atom is 0.317 e. The van der Waals surface area contributed by atoms with E-state index in [1.165, 1.54) is 6.07 Å². The molecule has 2 rings (SSSR count). The van der Waals surface area contributed by atoms with Gasteiger partial charge in [0, 0.05) is 45.3 Å². The summed E-state index contributed by atoms with van der Waals surface area (Å²) in [6, 6.07) is 4.56. The molecule has 152 valence electrons. The van der Waals surface area contributed by atoms with Crippen molar-refractivity contribution in [3.63, 3.8) is 0 Å². The smallest absolute Gasteiger partial charge is 0.317 e. The second kappa shape index (κ2) is 9.99. The van der Waals surface area contributed by atoms with E-state index >= 15 is 0 Å². The minimum Gasteiger partial charge on any atom is -0.508 e. The fourth-order valence-corrected chi connectivity index (χ4v) is 3.04. The van der Waals surface area contributed by atoms with Crippen molar-refractivity contribution in [2.45, 2.75) is 27.3 Å². The molecule has 0 radical (unpaired) electrons. The van der Waals surface area contributed by atoms with Crippen LogP contribution in [0.25, 0.3) is 0 Å². The molecule has 0 atom stereocenters. The Morgan fingerprint density at radius 2 is 1.68 bits per heavy atom. The van der Waals surface area contributed by atoms with Crippen molar-refractivity contribution in [1.82, 2.24) is 15.1 Å². The highest BCUT2D eigenvalue weighted by Gasteiger charge is 2.21. The molecule has 1 aromatic rings. The lowest BCUT2D eigenvalue weighted by atomic mass is 10.1. The van der Waals surface area contributed by atoms with Crippen LogP contribution in [-0.4, -0.2) is 58.8 Å². The van der Waals surface area contributed by atoms with E-state index in [-0.39, 0.29) is 17.5 Å². The van der Waals surface area contributed by atoms with E-state index in [4.69, 9.17) is 0 Å². The van der Waals surface area contributed by atoms with Gasteiger partial charge in [-0.3, -0.25) is 4.90 Å². The first-order chi connectivity index (χ1) is 13.2. The molecule has 1 fully saturated rings. The number of hydrogen-bond acceptors (Lipinski definition) is 4. The zero-order valence-corrected chi connectivity index (χ0v) is 17.0. The molecule has 0 aromatic heterocycles. The number of benzene rings is 1. The number of carbonyl (C=O) groups is 1. The highest BCUT2D eigenvalue weighted by molar-refractivity contribution is 5.74. The lowest BCUT2D eigenvalue weighted by molar-refractivity contribution is 0.135. The van der Waals surface area contributed by atoms with Crippen molar-refractivity contribution in [2.24, 2.45) is 0 Å². The summed E-state index contributed by atoms with van der Waals surface area (Å²) in [5.74, 6) is 0.118. The Morgan fingerprint density at radius 1 is 1.07 bits per heavy atom. The van der Waals surface area contributed by atoms with Gasteiger partial charge in [0.2, 0.25) is 0 Å². The molecule has 0 unspecified atom stereocenters. The fraction of sp³-hybridized carbons (Fsp3) is 0.409. The van der Waals surface area contributed by atoms with Crippen LogP contribution in [0.5, 0.6) is 11.5 Å². The van der Waals surface area contributed by atoms with Crippen molar-refractivity contribution >= 4 is 6.03 Å². The molecule has 6 nitrogen and oxygen atoms in total. The van der Waals surface area contributed by atoms with E-state index in [9.17, 15) is 15.0 Å². The Kier molecular flexibility index (Phi) is 7.70. The van der Waals surface area contributed by atoms with Gasteiger partial charge < -0.3 is 20.4 Å². The van der Waals surface area contributed by atoms with Gasteiger partial charge in [-0.2, -0.15) is 0 Å². The zero-order valence-electron chi connectivity index (χ0n) is 17.0. The highest BCUT2D eigenvalue weighted by Crippen LogP contribution is 2.21. The number of amides is 2. The van der Waals surface area contributed by atoms with E-state index in [2.05, 4.69) is 16.8 Å². The van der Waals surface area contributed by atoms with Gasteiger partial charge in [0.1, 0.15) is 11.5 Å². The van der Waals surface area contributed by atoms with Gasteiger partial charge >= 0.3 is 6.03 Å². The van der Waals surface area contributed by atoms with Crippen LogP contribution in [0.3, 0.4) is 0 Å². The summed E-state index contributed by atoms with van der Waals surface area (Å²) < 4.78 is 0. The molecule has 1 aliphatic heterocycles. The largest absolute Gasteiger partial charge is 0.508 e. The van der Waals surface area contributed by atoms with Crippen LogP contribution >= 0.6 is 0 Å². The molecule has 0 spiro atoms. The van der Waals surface area contributed by atoms with Gasteiger partial charge in [0.25, 0.3) is 0 Å². The number of piperazine rings is 1. The van der Waals surface area contributed by atoms with Crippen LogP contribution in [0.1, 0.15) is 26.3 Å². The van der Waals surface area contributed by atoms with Gasteiger partial charge in [-0.15, -0.1) is 0 Å². The molecule has 2 amide bonds. The number of allylic oxidation sites excluding steroid dienone is 3. The summed E-state index contributed by atoms with van der Waals surface area (Å²) in [5.41, 5.74) is 4.07. The number of rotatable bonds is 6. The minimum absolute atomic E-state index is 0.0582. The van der Waals surface area contributed by atoms with Crippen LogP contribution in [0.4, 0.5) is 4.79 Å². The molecular weight excluding hydrogens is 354 g/mol. The van der Waals surface area contributed by atoms with Gasteiger partial charge in [-0.1, -0.05) is 29.9 Å². The van der Waals surface area contributed by atoms with Crippen LogP contribution in [-0.2, 0) is 6.54 Å². The Bertz CT molecular complexity index is 751. The normalized spacial score (nSPS) is 14.9. The van der Waals surface area contributed by atoms with Crippen LogP contribution < -0.4 is 5.32 Å². The molecule has 0 bridgehead atoms. The van der Waals surface area contributed by atoms with Gasteiger partial charge in [0.05, 0.1) is 0 Å². The standard InChI is InChI=1S/C22H31N3O3/c1-16(2)5-6-19(17(3)4)14-23-22(28)25-9-7-24(8-10-25)15-18-11-20(26)13-21(27)12-18/h5-6,11-13,26-27H,1,7-10,14-15H2,2-4H3,(H,23,28)/b6-5-. The maximum absolute atomic E-state index is 12.5. The van der Waals surface area contributed by atoms with Crippen molar-refractivity contribution in [3.8, 4) is 11.5 Å². The predicted molar refractivity (Wildman–Crippen MR) is 112 cm³/mol.